The molecule has 0 saturated heterocycles. The van der Waals surface area contributed by atoms with Gasteiger partial charge >= 0.3 is 5.97 Å². The number of carbonyl (C=O) groups excluding carboxylic acids is 1. The lowest BCUT2D eigenvalue weighted by atomic mass is 10.2. The van der Waals surface area contributed by atoms with Gasteiger partial charge in [-0.3, -0.25) is 10.1 Å². The maximum Gasteiger partial charge on any atom is 0.363 e. The summed E-state index contributed by atoms with van der Waals surface area (Å²) in [6.07, 6.45) is 4.84. The van der Waals surface area contributed by atoms with Crippen molar-refractivity contribution < 1.29 is 14.5 Å². The molecule has 24 heavy (non-hydrogen) atoms. The van der Waals surface area contributed by atoms with Crippen molar-refractivity contribution in [2.45, 2.75) is 0 Å². The summed E-state index contributed by atoms with van der Waals surface area (Å²) in [7, 11) is 0. The number of hydrogen-bond donors (Lipinski definition) is 0. The van der Waals surface area contributed by atoms with Crippen molar-refractivity contribution in [2.75, 3.05) is 0 Å². The normalized spacial score (nSPS) is 15.6. The topological polar surface area (TPSA) is 81.8 Å². The molecule has 0 aromatic heterocycles. The highest BCUT2D eigenvalue weighted by molar-refractivity contribution is 6.11. The second kappa shape index (κ2) is 6.70. The minimum atomic E-state index is -0.589. The maximum absolute atomic E-state index is 11.8. The van der Waals surface area contributed by atoms with Crippen LogP contribution >= 0.6 is 0 Å². The quantitative estimate of drug-likeness (QED) is 0.373. The molecule has 0 fully saturated rings. The Labute approximate surface area is 137 Å². The summed E-state index contributed by atoms with van der Waals surface area (Å²) in [6, 6.07) is 15.5. The molecule has 0 atom stereocenters. The summed E-state index contributed by atoms with van der Waals surface area (Å²) in [4.78, 5) is 26.2. The molecule has 2 aromatic carbocycles. The zero-order chi connectivity index (χ0) is 16.9. The SMILES string of the molecule is O=C1OC(C=Cc2ccccc2)=NC1=Cc1cccc([N+](=O)[O-])c1. The molecule has 6 heteroatoms. The van der Waals surface area contributed by atoms with E-state index in [2.05, 4.69) is 4.99 Å². The van der Waals surface area contributed by atoms with Gasteiger partial charge in [0.15, 0.2) is 5.70 Å². The van der Waals surface area contributed by atoms with Crippen molar-refractivity contribution in [3.63, 3.8) is 0 Å². The molecule has 0 N–H and O–H groups in total. The van der Waals surface area contributed by atoms with Gasteiger partial charge in [0, 0.05) is 18.2 Å². The first-order chi connectivity index (χ1) is 11.6. The van der Waals surface area contributed by atoms with Crippen molar-refractivity contribution in [1.82, 2.24) is 0 Å². The molecule has 1 aliphatic heterocycles. The van der Waals surface area contributed by atoms with Crippen molar-refractivity contribution in [1.29, 1.82) is 0 Å². The predicted octanol–water partition coefficient (Wildman–Crippen LogP) is 3.60. The molecule has 0 aliphatic carbocycles. The third-order valence-corrected chi connectivity index (χ3v) is 3.24. The molecule has 0 unspecified atom stereocenters. The molecule has 6 nitrogen and oxygen atoms in total. The molecule has 0 bridgehead atoms. The van der Waals surface area contributed by atoms with Crippen molar-refractivity contribution in [2.24, 2.45) is 4.99 Å². The van der Waals surface area contributed by atoms with Crippen LogP contribution in [0.5, 0.6) is 0 Å². The molecule has 118 valence electrons. The van der Waals surface area contributed by atoms with E-state index in [1.807, 2.05) is 30.3 Å². The van der Waals surface area contributed by atoms with E-state index >= 15 is 0 Å². The van der Waals surface area contributed by atoms with Crippen LogP contribution in [0.25, 0.3) is 12.2 Å². The number of nitro groups is 1. The highest BCUT2D eigenvalue weighted by Crippen LogP contribution is 2.19. The third-order valence-electron chi connectivity index (χ3n) is 3.24. The number of nitro benzene ring substituents is 1. The largest absolute Gasteiger partial charge is 0.403 e. The number of hydrogen-bond acceptors (Lipinski definition) is 5. The third kappa shape index (κ3) is 3.61. The van der Waals surface area contributed by atoms with Crippen molar-refractivity contribution >= 4 is 29.7 Å². The number of aliphatic imine (C=N–C) groups is 1. The molecule has 1 heterocycles. The first kappa shape index (κ1) is 15.4. The Bertz CT molecular complexity index is 883. The van der Waals surface area contributed by atoms with Crippen LogP contribution in [-0.2, 0) is 9.53 Å². The summed E-state index contributed by atoms with van der Waals surface area (Å²) in [5.41, 5.74) is 1.51. The monoisotopic (exact) mass is 320 g/mol. The van der Waals surface area contributed by atoms with Gasteiger partial charge in [0.25, 0.3) is 5.69 Å². The van der Waals surface area contributed by atoms with Gasteiger partial charge < -0.3 is 4.74 Å². The van der Waals surface area contributed by atoms with Crippen LogP contribution < -0.4 is 0 Å². The summed E-state index contributed by atoms with van der Waals surface area (Å²) in [5, 5.41) is 10.8. The van der Waals surface area contributed by atoms with Gasteiger partial charge in [0.05, 0.1) is 4.92 Å². The molecule has 0 saturated carbocycles. The summed E-state index contributed by atoms with van der Waals surface area (Å²) >= 11 is 0. The molecule has 1 aliphatic rings. The standard InChI is InChI=1S/C18H12N2O4/c21-18-16(12-14-7-4-8-15(11-14)20(22)23)19-17(24-18)10-9-13-5-2-1-3-6-13/h1-12H. The maximum atomic E-state index is 11.8. The zero-order valence-corrected chi connectivity index (χ0v) is 12.5. The van der Waals surface area contributed by atoms with Crippen LogP contribution in [0.4, 0.5) is 5.69 Å². The fourth-order valence-electron chi connectivity index (χ4n) is 2.11. The summed E-state index contributed by atoms with van der Waals surface area (Å²) in [6.45, 7) is 0. The van der Waals surface area contributed by atoms with Gasteiger partial charge in [0.1, 0.15) is 0 Å². The number of rotatable bonds is 4. The average molecular weight is 320 g/mol. The number of esters is 1. The van der Waals surface area contributed by atoms with Crippen LogP contribution in [0.15, 0.2) is 71.4 Å². The highest BCUT2D eigenvalue weighted by atomic mass is 16.6. The fraction of sp³-hybridized carbons (Fsp3) is 0. The predicted molar refractivity (Wildman–Crippen MR) is 90.1 cm³/mol. The lowest BCUT2D eigenvalue weighted by Gasteiger charge is -1.95. The lowest BCUT2D eigenvalue weighted by molar-refractivity contribution is -0.384. The van der Waals surface area contributed by atoms with E-state index in [0.29, 0.717) is 5.56 Å². The second-order valence-corrected chi connectivity index (χ2v) is 4.97. The zero-order valence-electron chi connectivity index (χ0n) is 12.5. The van der Waals surface area contributed by atoms with E-state index in [0.717, 1.165) is 5.56 Å². The van der Waals surface area contributed by atoms with Gasteiger partial charge in [-0.1, -0.05) is 42.5 Å². The van der Waals surface area contributed by atoms with E-state index < -0.39 is 10.9 Å². The molecule has 0 spiro atoms. The Hall–Kier alpha value is -3.54. The minimum Gasteiger partial charge on any atom is -0.403 e. The van der Waals surface area contributed by atoms with E-state index in [-0.39, 0.29) is 17.3 Å². The van der Waals surface area contributed by atoms with Crippen LogP contribution in [-0.4, -0.2) is 16.8 Å². The van der Waals surface area contributed by atoms with E-state index in [1.54, 1.807) is 24.3 Å². The van der Waals surface area contributed by atoms with Gasteiger partial charge in [-0.05, 0) is 23.3 Å². The number of cyclic esters (lactones) is 1. The number of non-ortho nitro benzene ring substituents is 1. The van der Waals surface area contributed by atoms with E-state index in [9.17, 15) is 14.9 Å². The molecule has 0 radical (unpaired) electrons. The molecule has 0 amide bonds. The van der Waals surface area contributed by atoms with Crippen LogP contribution in [0.1, 0.15) is 11.1 Å². The van der Waals surface area contributed by atoms with Gasteiger partial charge in [-0.15, -0.1) is 0 Å². The van der Waals surface area contributed by atoms with Gasteiger partial charge in [0.2, 0.25) is 5.90 Å². The number of carbonyl (C=O) groups is 1. The molecular formula is C18H12N2O4. The van der Waals surface area contributed by atoms with E-state index in [1.165, 1.54) is 18.2 Å². The molecule has 3 rings (SSSR count). The van der Waals surface area contributed by atoms with Crippen LogP contribution in [0.2, 0.25) is 0 Å². The number of ether oxygens (including phenoxy) is 1. The number of nitrogens with zero attached hydrogens (tertiary/aromatic N) is 2. The summed E-state index contributed by atoms with van der Waals surface area (Å²) in [5.74, 6) is -0.408. The Balaban J connectivity index is 1.82. The minimum absolute atomic E-state index is 0.0520. The second-order valence-electron chi connectivity index (χ2n) is 4.97. The Kier molecular flexibility index (Phi) is 4.29. The van der Waals surface area contributed by atoms with Gasteiger partial charge in [-0.25, -0.2) is 9.79 Å². The van der Waals surface area contributed by atoms with Crippen LogP contribution in [0, 0.1) is 10.1 Å². The van der Waals surface area contributed by atoms with E-state index in [4.69, 9.17) is 4.74 Å². The van der Waals surface area contributed by atoms with Gasteiger partial charge in [-0.2, -0.15) is 0 Å². The molecular weight excluding hydrogens is 308 g/mol. The number of benzene rings is 2. The van der Waals surface area contributed by atoms with Crippen molar-refractivity contribution in [3.05, 3.63) is 87.6 Å². The first-order valence-corrected chi connectivity index (χ1v) is 7.12. The smallest absolute Gasteiger partial charge is 0.363 e. The Morgan fingerprint density at radius 3 is 2.50 bits per heavy atom. The Morgan fingerprint density at radius 1 is 1.00 bits per heavy atom. The average Bonchev–Trinajstić information content (AvgIpc) is 2.94. The highest BCUT2D eigenvalue weighted by Gasteiger charge is 2.21. The first-order valence-electron chi connectivity index (χ1n) is 7.12. The molecule has 2 aromatic rings. The lowest BCUT2D eigenvalue weighted by Crippen LogP contribution is -2.01. The Morgan fingerprint density at radius 2 is 1.75 bits per heavy atom. The van der Waals surface area contributed by atoms with Crippen molar-refractivity contribution in [3.8, 4) is 0 Å². The fourth-order valence-corrected chi connectivity index (χ4v) is 2.11. The van der Waals surface area contributed by atoms with Crippen LogP contribution in [0.3, 0.4) is 0 Å². The summed E-state index contributed by atoms with van der Waals surface area (Å²) < 4.78 is 5.07.